The fraction of sp³-hybridized carbons (Fsp3) is 0.333. The molecule has 29 heavy (non-hydrogen) atoms. The molecule has 2 N–H and O–H groups in total. The predicted octanol–water partition coefficient (Wildman–Crippen LogP) is 3.12. The highest BCUT2D eigenvalue weighted by Gasteiger charge is 2.57. The van der Waals surface area contributed by atoms with E-state index in [0.717, 1.165) is 4.68 Å². The Kier molecular flexibility index (Phi) is 4.03. The second-order valence-corrected chi connectivity index (χ2v) is 6.97. The number of aromatic nitrogens is 4. The average Bonchev–Trinajstić information content (AvgIpc) is 3.11. The number of hydrogen-bond donors (Lipinski definition) is 1. The second kappa shape index (κ2) is 6.13. The molecule has 1 fully saturated rings. The molecule has 1 aliphatic rings. The number of amides is 1. The molecular weight excluding hydrogens is 394 g/mol. The average molecular weight is 409 g/mol. The Morgan fingerprint density at radius 2 is 2.03 bits per heavy atom. The van der Waals surface area contributed by atoms with Gasteiger partial charge in [0.05, 0.1) is 11.1 Å². The summed E-state index contributed by atoms with van der Waals surface area (Å²) >= 11 is 0. The van der Waals surface area contributed by atoms with Crippen LogP contribution in [0.4, 0.5) is 17.6 Å². The Labute approximate surface area is 161 Å². The van der Waals surface area contributed by atoms with Crippen LogP contribution in [0.2, 0.25) is 0 Å². The maximum Gasteiger partial charge on any atom is 0.435 e. The van der Waals surface area contributed by atoms with Crippen molar-refractivity contribution >= 4 is 5.91 Å². The van der Waals surface area contributed by atoms with E-state index < -0.39 is 29.0 Å². The first-order valence-corrected chi connectivity index (χ1v) is 8.59. The number of pyridine rings is 1. The number of nitrogens with zero attached hydrogens (tertiary/aromatic N) is 4. The molecular formula is C18H15F4N5O2. The van der Waals surface area contributed by atoms with Gasteiger partial charge in [0.25, 0.3) is 5.91 Å². The number of nitrogens with two attached hydrogens (primary N) is 1. The molecule has 1 saturated carbocycles. The summed E-state index contributed by atoms with van der Waals surface area (Å²) in [4.78, 5) is 15.7. The lowest BCUT2D eigenvalue weighted by Crippen LogP contribution is -2.23. The summed E-state index contributed by atoms with van der Waals surface area (Å²) < 4.78 is 61.3. The van der Waals surface area contributed by atoms with Gasteiger partial charge in [0, 0.05) is 30.4 Å². The largest absolute Gasteiger partial charge is 0.435 e. The van der Waals surface area contributed by atoms with Crippen molar-refractivity contribution in [3.63, 3.8) is 0 Å². The van der Waals surface area contributed by atoms with Crippen molar-refractivity contribution in [1.82, 2.24) is 19.9 Å². The maximum absolute atomic E-state index is 14.4. The number of carbonyl (C=O) groups excluding carboxylic acids is 1. The van der Waals surface area contributed by atoms with Crippen LogP contribution in [0.25, 0.3) is 11.3 Å². The number of carbonyl (C=O) groups is 1. The van der Waals surface area contributed by atoms with Crippen LogP contribution in [0.15, 0.2) is 22.9 Å². The van der Waals surface area contributed by atoms with E-state index in [1.807, 2.05) is 0 Å². The van der Waals surface area contributed by atoms with Gasteiger partial charge in [0.15, 0.2) is 11.5 Å². The van der Waals surface area contributed by atoms with Crippen LogP contribution in [0.5, 0.6) is 0 Å². The summed E-state index contributed by atoms with van der Waals surface area (Å²) in [5, 5.41) is 7.31. The minimum atomic E-state index is -4.80. The van der Waals surface area contributed by atoms with Gasteiger partial charge in [0.2, 0.25) is 0 Å². The smallest absolute Gasteiger partial charge is 0.364 e. The second-order valence-electron chi connectivity index (χ2n) is 6.97. The third-order valence-corrected chi connectivity index (χ3v) is 5.10. The number of hydrogen-bond acceptors (Lipinski definition) is 5. The van der Waals surface area contributed by atoms with Gasteiger partial charge in [-0.15, -0.1) is 0 Å². The van der Waals surface area contributed by atoms with Crippen LogP contribution in [0, 0.1) is 12.7 Å². The van der Waals surface area contributed by atoms with Crippen LogP contribution in [0.3, 0.4) is 0 Å². The molecule has 3 aromatic heterocycles. The molecule has 3 heterocycles. The molecule has 152 valence electrons. The monoisotopic (exact) mass is 409 g/mol. The quantitative estimate of drug-likeness (QED) is 0.668. The van der Waals surface area contributed by atoms with Crippen LogP contribution >= 0.6 is 0 Å². The number of aryl methyl sites for hydroxylation is 2. The van der Waals surface area contributed by atoms with Crippen molar-refractivity contribution in [2.75, 3.05) is 0 Å². The highest BCUT2D eigenvalue weighted by atomic mass is 19.4. The lowest BCUT2D eigenvalue weighted by atomic mass is 9.89. The fourth-order valence-electron chi connectivity index (χ4n) is 3.58. The first-order chi connectivity index (χ1) is 13.6. The molecule has 3 aromatic rings. The SMILES string of the molecule is Cc1nccc(-c2cc(C3(c4c(C(F)(F)F)nn(C)c4C(N)=O)CC3)on2)c1F. The van der Waals surface area contributed by atoms with E-state index in [0.29, 0.717) is 0 Å². The first kappa shape index (κ1) is 19.1. The number of halogens is 4. The van der Waals surface area contributed by atoms with Gasteiger partial charge < -0.3 is 10.3 Å². The summed E-state index contributed by atoms with van der Waals surface area (Å²) in [5.74, 6) is -1.55. The summed E-state index contributed by atoms with van der Waals surface area (Å²) in [5.41, 5.74) is 2.57. The van der Waals surface area contributed by atoms with Gasteiger partial charge in [-0.25, -0.2) is 4.39 Å². The number of alkyl halides is 3. The zero-order valence-corrected chi connectivity index (χ0v) is 15.3. The van der Waals surface area contributed by atoms with E-state index in [2.05, 4.69) is 15.2 Å². The van der Waals surface area contributed by atoms with Crippen molar-refractivity contribution in [3.8, 4) is 11.3 Å². The highest BCUT2D eigenvalue weighted by molar-refractivity contribution is 5.94. The molecule has 7 nitrogen and oxygen atoms in total. The zero-order valence-electron chi connectivity index (χ0n) is 15.3. The van der Waals surface area contributed by atoms with Crippen molar-refractivity contribution in [1.29, 1.82) is 0 Å². The standard InChI is InChI=1S/C18H15F4N5O2/c1-8-13(19)9(3-6-24-8)10-7-11(29-26-10)17(4-5-17)12-14(16(23)28)27(2)25-15(12)18(20,21)22/h3,6-7H,4-5H2,1-2H3,(H2,23,28). The summed E-state index contributed by atoms with van der Waals surface area (Å²) in [6.07, 6.45) is -2.86. The highest BCUT2D eigenvalue weighted by Crippen LogP contribution is 2.57. The Hall–Kier alpha value is -3.24. The molecule has 0 atom stereocenters. The van der Waals surface area contributed by atoms with Crippen LogP contribution in [0.1, 0.15) is 46.0 Å². The van der Waals surface area contributed by atoms with E-state index >= 15 is 0 Å². The summed E-state index contributed by atoms with van der Waals surface area (Å²) in [6.45, 7) is 1.48. The topological polar surface area (TPSA) is 99.8 Å². The Balaban J connectivity index is 1.87. The van der Waals surface area contributed by atoms with Gasteiger partial charge >= 0.3 is 6.18 Å². The zero-order chi connectivity index (χ0) is 21.1. The van der Waals surface area contributed by atoms with E-state index in [4.69, 9.17) is 10.3 Å². The molecule has 0 radical (unpaired) electrons. The lowest BCUT2D eigenvalue weighted by Gasteiger charge is -2.15. The fourth-order valence-corrected chi connectivity index (χ4v) is 3.58. The van der Waals surface area contributed by atoms with Gasteiger partial charge in [-0.05, 0) is 25.8 Å². The molecule has 0 bridgehead atoms. The first-order valence-electron chi connectivity index (χ1n) is 8.59. The van der Waals surface area contributed by atoms with Crippen molar-refractivity contribution in [3.05, 3.63) is 52.6 Å². The normalized spacial score (nSPS) is 15.5. The van der Waals surface area contributed by atoms with Crippen LogP contribution in [-0.2, 0) is 18.6 Å². The minimum absolute atomic E-state index is 0.0855. The number of primary amides is 1. The molecule has 0 unspecified atom stereocenters. The summed E-state index contributed by atoms with van der Waals surface area (Å²) in [7, 11) is 1.22. The van der Waals surface area contributed by atoms with Crippen LogP contribution in [-0.4, -0.2) is 25.8 Å². The van der Waals surface area contributed by atoms with Crippen molar-refractivity contribution in [2.24, 2.45) is 12.8 Å². The van der Waals surface area contributed by atoms with Crippen LogP contribution < -0.4 is 5.73 Å². The molecule has 1 aliphatic carbocycles. The third kappa shape index (κ3) is 2.88. The van der Waals surface area contributed by atoms with Gasteiger partial charge in [-0.2, -0.15) is 18.3 Å². The molecule has 4 rings (SSSR count). The van der Waals surface area contributed by atoms with Gasteiger partial charge in [-0.3, -0.25) is 14.5 Å². The van der Waals surface area contributed by atoms with Gasteiger partial charge in [0.1, 0.15) is 17.1 Å². The third-order valence-electron chi connectivity index (χ3n) is 5.10. The predicted molar refractivity (Wildman–Crippen MR) is 91.2 cm³/mol. The Morgan fingerprint density at radius 3 is 2.62 bits per heavy atom. The Bertz CT molecular complexity index is 1130. The molecule has 11 heteroatoms. The molecule has 0 aromatic carbocycles. The molecule has 1 amide bonds. The Morgan fingerprint density at radius 1 is 1.34 bits per heavy atom. The van der Waals surface area contributed by atoms with Crippen molar-refractivity contribution < 1.29 is 26.9 Å². The lowest BCUT2D eigenvalue weighted by molar-refractivity contribution is -0.142. The molecule has 0 aliphatic heterocycles. The van der Waals surface area contributed by atoms with E-state index in [-0.39, 0.29) is 46.8 Å². The minimum Gasteiger partial charge on any atom is -0.364 e. The van der Waals surface area contributed by atoms with E-state index in [9.17, 15) is 22.4 Å². The maximum atomic E-state index is 14.4. The van der Waals surface area contributed by atoms with E-state index in [1.165, 1.54) is 32.3 Å². The van der Waals surface area contributed by atoms with Gasteiger partial charge in [-0.1, -0.05) is 5.16 Å². The van der Waals surface area contributed by atoms with Crippen molar-refractivity contribution in [2.45, 2.75) is 31.4 Å². The number of rotatable bonds is 4. The van der Waals surface area contributed by atoms with E-state index in [1.54, 1.807) is 0 Å². The summed E-state index contributed by atoms with van der Waals surface area (Å²) in [6, 6.07) is 2.77. The molecule has 0 saturated heterocycles. The molecule has 0 spiro atoms.